The molecule has 1 saturated carbocycles. The number of hydrogen-bond donors (Lipinski definition) is 3. The van der Waals surface area contributed by atoms with Crippen LogP contribution in [0.15, 0.2) is 30.5 Å². The van der Waals surface area contributed by atoms with E-state index in [4.69, 9.17) is 5.26 Å². The Kier molecular flexibility index (Phi) is 5.54. The Morgan fingerprint density at radius 2 is 2.14 bits per heavy atom. The van der Waals surface area contributed by atoms with E-state index in [2.05, 4.69) is 15.6 Å². The molecule has 0 saturated heterocycles. The Labute approximate surface area is 161 Å². The number of Topliss-reactive ketones (excluding diaryl/α,β-unsaturated/α-hetero) is 1. The molecule has 1 aromatic heterocycles. The number of benzene rings is 1. The first-order valence-corrected chi connectivity index (χ1v) is 8.92. The second kappa shape index (κ2) is 8.05. The molecule has 2 atom stereocenters. The lowest BCUT2D eigenvalue weighted by Gasteiger charge is -2.11. The van der Waals surface area contributed by atoms with Gasteiger partial charge in [-0.15, -0.1) is 0 Å². The summed E-state index contributed by atoms with van der Waals surface area (Å²) < 4.78 is 14.3. The minimum atomic E-state index is -0.603. The third-order valence-electron chi connectivity index (χ3n) is 4.55. The maximum Gasteiger partial charge on any atom is 0.320 e. The number of carbonyl (C=O) groups is 2. The van der Waals surface area contributed by atoms with Crippen LogP contribution in [0.1, 0.15) is 53.6 Å². The predicted octanol–water partition coefficient (Wildman–Crippen LogP) is 3.46. The van der Waals surface area contributed by atoms with Crippen molar-refractivity contribution >= 4 is 17.6 Å². The lowest BCUT2D eigenvalue weighted by Crippen LogP contribution is -2.31. The number of pyridine rings is 1. The maximum atomic E-state index is 14.3. The zero-order valence-electron chi connectivity index (χ0n) is 15.2. The molecule has 8 heteroatoms. The second-order valence-corrected chi connectivity index (χ2v) is 6.62. The molecule has 144 valence electrons. The number of hydrogen-bond acceptors (Lipinski definition) is 5. The topological polar surface area (TPSA) is 115 Å². The van der Waals surface area contributed by atoms with Crippen molar-refractivity contribution in [3.63, 3.8) is 0 Å². The van der Waals surface area contributed by atoms with E-state index in [9.17, 15) is 19.1 Å². The highest BCUT2D eigenvalue weighted by molar-refractivity contribution is 5.99. The van der Waals surface area contributed by atoms with E-state index >= 15 is 0 Å². The predicted molar refractivity (Wildman–Crippen MR) is 99.6 cm³/mol. The minimum Gasteiger partial charge on any atom is -0.507 e. The Balaban J connectivity index is 1.66. The smallest absolute Gasteiger partial charge is 0.320 e. The number of rotatable bonds is 6. The normalized spacial score (nSPS) is 17.5. The highest BCUT2D eigenvalue weighted by Gasteiger charge is 2.43. The zero-order valence-corrected chi connectivity index (χ0v) is 15.2. The van der Waals surface area contributed by atoms with Crippen LogP contribution in [0.4, 0.5) is 15.0 Å². The molecule has 1 aromatic carbocycles. The molecule has 1 aliphatic carbocycles. The highest BCUT2D eigenvalue weighted by Crippen LogP contribution is 2.47. The van der Waals surface area contributed by atoms with Crippen molar-refractivity contribution in [2.24, 2.45) is 0 Å². The number of amides is 2. The summed E-state index contributed by atoms with van der Waals surface area (Å²) in [6, 6.07) is 6.53. The molecule has 0 bridgehead atoms. The number of phenols is 1. The lowest BCUT2D eigenvalue weighted by atomic mass is 9.99. The first kappa shape index (κ1) is 19.3. The van der Waals surface area contributed by atoms with Crippen molar-refractivity contribution in [3.8, 4) is 11.8 Å². The third kappa shape index (κ3) is 4.09. The fraction of sp³-hybridized carbons (Fsp3) is 0.300. The molecule has 28 heavy (non-hydrogen) atoms. The van der Waals surface area contributed by atoms with E-state index in [1.54, 1.807) is 0 Å². The zero-order chi connectivity index (χ0) is 20.3. The summed E-state index contributed by atoms with van der Waals surface area (Å²) in [6.45, 7) is 1.85. The average molecular weight is 382 g/mol. The van der Waals surface area contributed by atoms with Gasteiger partial charge in [-0.1, -0.05) is 6.92 Å². The van der Waals surface area contributed by atoms with Crippen LogP contribution in [-0.4, -0.2) is 27.9 Å². The number of aromatic nitrogens is 1. The Hall–Kier alpha value is -3.47. The molecule has 0 spiro atoms. The van der Waals surface area contributed by atoms with Gasteiger partial charge >= 0.3 is 6.03 Å². The molecule has 0 unspecified atom stereocenters. The Morgan fingerprint density at radius 1 is 1.36 bits per heavy atom. The summed E-state index contributed by atoms with van der Waals surface area (Å²) >= 11 is 0. The number of urea groups is 1. The van der Waals surface area contributed by atoms with Gasteiger partial charge < -0.3 is 10.4 Å². The second-order valence-electron chi connectivity index (χ2n) is 6.62. The largest absolute Gasteiger partial charge is 0.507 e. The summed E-state index contributed by atoms with van der Waals surface area (Å²) in [5, 5.41) is 24.4. The standard InChI is InChI=1S/C20H19FN4O3/c1-2-3-16(26)12-5-6-14(21)18(19(12)27)13-8-15(13)24-20(28)25-17-7-4-11(9-22)10-23-17/h4-7,10,13,15,27H,2-3,8H2,1H3,(H2,23,24,25,28)/t13-,15+/m0/s1. The number of aromatic hydroxyl groups is 1. The quantitative estimate of drug-likeness (QED) is 0.662. The maximum absolute atomic E-state index is 14.3. The van der Waals surface area contributed by atoms with Crippen molar-refractivity contribution in [2.45, 2.75) is 38.1 Å². The summed E-state index contributed by atoms with van der Waals surface area (Å²) in [5.41, 5.74) is 0.538. The Bertz CT molecular complexity index is 953. The molecule has 3 N–H and O–H groups in total. The number of nitrogens with one attached hydrogen (secondary N) is 2. The van der Waals surface area contributed by atoms with Gasteiger partial charge in [-0.2, -0.15) is 5.26 Å². The van der Waals surface area contributed by atoms with E-state index in [1.807, 2.05) is 13.0 Å². The van der Waals surface area contributed by atoms with Crippen LogP contribution < -0.4 is 10.6 Å². The number of halogens is 1. The van der Waals surface area contributed by atoms with Gasteiger partial charge in [-0.25, -0.2) is 14.2 Å². The first-order valence-electron chi connectivity index (χ1n) is 8.92. The van der Waals surface area contributed by atoms with Crippen molar-refractivity contribution in [2.75, 3.05) is 5.32 Å². The van der Waals surface area contributed by atoms with E-state index in [-0.39, 0.29) is 40.9 Å². The van der Waals surface area contributed by atoms with Crippen LogP contribution in [0.25, 0.3) is 0 Å². The fourth-order valence-corrected chi connectivity index (χ4v) is 3.05. The van der Waals surface area contributed by atoms with E-state index in [1.165, 1.54) is 30.5 Å². The molecule has 1 aliphatic rings. The molecule has 2 aromatic rings. The van der Waals surface area contributed by atoms with Crippen LogP contribution >= 0.6 is 0 Å². The highest BCUT2D eigenvalue weighted by atomic mass is 19.1. The van der Waals surface area contributed by atoms with Crippen LogP contribution in [0.5, 0.6) is 5.75 Å². The SMILES string of the molecule is CCCC(=O)c1ccc(F)c([C@H]2C[C@H]2NC(=O)Nc2ccc(C#N)cn2)c1O. The fourth-order valence-electron chi connectivity index (χ4n) is 3.05. The number of anilines is 1. The van der Waals surface area contributed by atoms with Crippen LogP contribution in [0.3, 0.4) is 0 Å². The van der Waals surface area contributed by atoms with E-state index in [0.717, 1.165) is 0 Å². The molecule has 1 heterocycles. The number of phenolic OH excluding ortho intramolecular Hbond substituents is 1. The molecule has 7 nitrogen and oxygen atoms in total. The molecule has 3 rings (SSSR count). The van der Waals surface area contributed by atoms with Gasteiger partial charge in [0, 0.05) is 30.1 Å². The monoisotopic (exact) mass is 382 g/mol. The van der Waals surface area contributed by atoms with Crippen LogP contribution in [-0.2, 0) is 0 Å². The van der Waals surface area contributed by atoms with Gasteiger partial charge in [0.2, 0.25) is 0 Å². The number of ketones is 1. The van der Waals surface area contributed by atoms with Crippen LogP contribution in [0.2, 0.25) is 0 Å². The first-order chi connectivity index (χ1) is 13.4. The summed E-state index contributed by atoms with van der Waals surface area (Å²) in [6.07, 6.45) is 2.68. The number of nitrogens with zero attached hydrogens (tertiary/aromatic N) is 2. The van der Waals surface area contributed by atoms with Gasteiger partial charge in [0.25, 0.3) is 0 Å². The van der Waals surface area contributed by atoms with Crippen molar-refractivity contribution in [1.29, 1.82) is 5.26 Å². The molecular formula is C20H19FN4O3. The molecule has 0 aliphatic heterocycles. The van der Waals surface area contributed by atoms with Crippen molar-refractivity contribution in [3.05, 3.63) is 53.0 Å². The van der Waals surface area contributed by atoms with Gasteiger partial charge in [0.15, 0.2) is 5.78 Å². The summed E-state index contributed by atoms with van der Waals surface area (Å²) in [5.74, 6) is -1.32. The summed E-state index contributed by atoms with van der Waals surface area (Å²) in [4.78, 5) is 28.1. The average Bonchev–Trinajstić information content (AvgIpc) is 3.40. The van der Waals surface area contributed by atoms with Gasteiger partial charge in [0.05, 0.1) is 11.1 Å². The summed E-state index contributed by atoms with van der Waals surface area (Å²) in [7, 11) is 0. The van der Waals surface area contributed by atoms with E-state index < -0.39 is 17.8 Å². The minimum absolute atomic E-state index is 0.0590. The Morgan fingerprint density at radius 3 is 2.79 bits per heavy atom. The number of nitriles is 1. The van der Waals surface area contributed by atoms with Crippen molar-refractivity contribution in [1.82, 2.24) is 10.3 Å². The van der Waals surface area contributed by atoms with Gasteiger partial charge in [-0.05, 0) is 37.1 Å². The molecule has 2 amide bonds. The van der Waals surface area contributed by atoms with Gasteiger partial charge in [-0.3, -0.25) is 10.1 Å². The third-order valence-corrected chi connectivity index (χ3v) is 4.55. The molecule has 0 radical (unpaired) electrons. The van der Waals surface area contributed by atoms with E-state index in [0.29, 0.717) is 18.4 Å². The lowest BCUT2D eigenvalue weighted by molar-refractivity contribution is 0.0979. The van der Waals surface area contributed by atoms with Crippen molar-refractivity contribution < 1.29 is 19.1 Å². The number of carbonyl (C=O) groups excluding carboxylic acids is 2. The molecule has 1 fully saturated rings. The van der Waals surface area contributed by atoms with Gasteiger partial charge in [0.1, 0.15) is 23.5 Å². The van der Waals surface area contributed by atoms with Crippen LogP contribution in [0, 0.1) is 17.1 Å². The molecular weight excluding hydrogens is 363 g/mol.